The van der Waals surface area contributed by atoms with Crippen LogP contribution >= 0.6 is 0 Å². The molecule has 1 aromatic heterocycles. The van der Waals surface area contributed by atoms with Gasteiger partial charge in [0.25, 0.3) is 0 Å². The molecule has 3 atom stereocenters. The smallest absolute Gasteiger partial charge is 0.497 e. The highest BCUT2D eigenvalue weighted by Crippen LogP contribution is 2.36. The average molecular weight is 803 g/mol. The third kappa shape index (κ3) is 10.4. The lowest BCUT2D eigenvalue weighted by Crippen LogP contribution is -2.69. The third-order valence-electron chi connectivity index (χ3n) is 9.82. The largest absolute Gasteiger partial charge is 0.573 e. The molecule has 3 aromatic carbocycles. The van der Waals surface area contributed by atoms with Crippen molar-refractivity contribution < 1.29 is 51.3 Å². The monoisotopic (exact) mass is 802 g/mol. The Morgan fingerprint density at radius 2 is 1.57 bits per heavy atom. The number of hydrogen-bond acceptors (Lipinski definition) is 9. The number of imide groups is 1. The lowest BCUT2D eigenvalue weighted by molar-refractivity contribution is -0.274. The summed E-state index contributed by atoms with van der Waals surface area (Å²) in [5.74, 6) is -1.97. The first-order valence-electron chi connectivity index (χ1n) is 18.8. The maximum absolute atomic E-state index is 14.1. The van der Waals surface area contributed by atoms with E-state index in [1.54, 1.807) is 76.4 Å². The van der Waals surface area contributed by atoms with Crippen molar-refractivity contribution >= 4 is 29.8 Å². The van der Waals surface area contributed by atoms with Gasteiger partial charge >= 0.3 is 24.5 Å². The number of ether oxygens (including phenoxy) is 4. The van der Waals surface area contributed by atoms with Gasteiger partial charge in [-0.05, 0) is 98.7 Å². The number of β-lactam (4-membered cyclic amide) rings is 1. The molecule has 3 heterocycles. The summed E-state index contributed by atoms with van der Waals surface area (Å²) in [5.41, 5.74) is 1.98. The predicted molar refractivity (Wildman–Crippen MR) is 206 cm³/mol. The van der Waals surface area contributed by atoms with Crippen LogP contribution in [0.2, 0.25) is 0 Å². The van der Waals surface area contributed by atoms with Crippen LogP contribution in [0.1, 0.15) is 61.8 Å². The zero-order valence-corrected chi connectivity index (χ0v) is 32.6. The second-order valence-corrected chi connectivity index (χ2v) is 15.2. The molecule has 0 N–H and O–H groups in total. The summed E-state index contributed by atoms with van der Waals surface area (Å²) in [6.45, 7) is 5.79. The number of piperidine rings is 1. The molecule has 0 bridgehead atoms. The Morgan fingerprint density at radius 1 is 0.879 bits per heavy atom. The van der Waals surface area contributed by atoms with Crippen molar-refractivity contribution in [3.8, 4) is 11.5 Å². The van der Waals surface area contributed by atoms with E-state index in [1.165, 1.54) is 40.3 Å². The summed E-state index contributed by atoms with van der Waals surface area (Å²) in [4.78, 5) is 63.7. The van der Waals surface area contributed by atoms with Gasteiger partial charge in [0.05, 0.1) is 19.6 Å². The first kappa shape index (κ1) is 41.5. The fourth-order valence-corrected chi connectivity index (χ4v) is 7.02. The molecule has 306 valence electrons. The van der Waals surface area contributed by atoms with E-state index >= 15 is 0 Å². The number of nitrogens with zero attached hydrogens (tertiary/aromatic N) is 4. The Kier molecular flexibility index (Phi) is 12.6. The molecule has 2 aliphatic heterocycles. The van der Waals surface area contributed by atoms with E-state index in [0.717, 1.165) is 16.0 Å². The van der Waals surface area contributed by atoms with E-state index in [1.807, 2.05) is 18.2 Å². The summed E-state index contributed by atoms with van der Waals surface area (Å²) < 4.78 is 58.8. The van der Waals surface area contributed by atoms with Crippen LogP contribution in [0.3, 0.4) is 0 Å². The van der Waals surface area contributed by atoms with Crippen molar-refractivity contribution in [3.63, 3.8) is 0 Å². The molecule has 58 heavy (non-hydrogen) atoms. The predicted octanol–water partition coefficient (Wildman–Crippen LogP) is 8.04. The number of halogens is 3. The van der Waals surface area contributed by atoms with Gasteiger partial charge in [0.2, 0.25) is 5.91 Å². The van der Waals surface area contributed by atoms with E-state index < -0.39 is 47.9 Å². The van der Waals surface area contributed by atoms with Crippen molar-refractivity contribution in [3.05, 3.63) is 119 Å². The molecule has 0 spiro atoms. The summed E-state index contributed by atoms with van der Waals surface area (Å²) >= 11 is 0. The molecular formula is C43H45F3N4O8. The van der Waals surface area contributed by atoms with E-state index in [9.17, 15) is 32.3 Å². The van der Waals surface area contributed by atoms with Crippen molar-refractivity contribution in [2.75, 3.05) is 25.1 Å². The lowest BCUT2D eigenvalue weighted by Gasteiger charge is -2.46. The van der Waals surface area contributed by atoms with Gasteiger partial charge in [-0.15, -0.1) is 13.2 Å². The van der Waals surface area contributed by atoms with Gasteiger partial charge in [0, 0.05) is 25.2 Å². The average Bonchev–Trinajstić information content (AvgIpc) is 3.19. The summed E-state index contributed by atoms with van der Waals surface area (Å²) in [6, 6.07) is 23.1. The third-order valence-corrected chi connectivity index (χ3v) is 9.82. The maximum atomic E-state index is 14.1. The number of pyridine rings is 1. The number of esters is 1. The number of alkyl halides is 3. The Morgan fingerprint density at radius 3 is 2.22 bits per heavy atom. The standard InChI is InChI=1S/C43H45F3N4O8/c1-42(2,3)58-41(54)49(25-28-12-16-33(55-4)17-13-28)36-24-30(20-21-47-36)23-35-37(39(52)56-27-29-9-6-5-7-10-29)50(38(35)51)40(53)48-22-8-11-32(26-48)31-14-18-34(19-15-31)57-43(44,45)46/h5-7,9-10,12-21,24,32,35,37H,8,11,22-23,25-27H2,1-4H3/t32?,35-,37+/m1/s1. The zero-order chi connectivity index (χ0) is 41.6. The van der Waals surface area contributed by atoms with Gasteiger partial charge in [-0.25, -0.2) is 24.3 Å². The van der Waals surface area contributed by atoms with Crippen LogP contribution in [-0.4, -0.2) is 77.0 Å². The van der Waals surface area contributed by atoms with Crippen LogP contribution in [0.25, 0.3) is 0 Å². The van der Waals surface area contributed by atoms with Gasteiger partial charge < -0.3 is 23.8 Å². The van der Waals surface area contributed by atoms with Crippen molar-refractivity contribution in [2.45, 2.75) is 77.1 Å². The van der Waals surface area contributed by atoms with Crippen molar-refractivity contribution in [2.24, 2.45) is 5.92 Å². The molecule has 4 amide bonds. The number of benzene rings is 3. The fourth-order valence-electron chi connectivity index (χ4n) is 7.02. The molecule has 2 saturated heterocycles. The Balaban J connectivity index is 1.22. The number of carbonyl (C=O) groups excluding carboxylic acids is 4. The van der Waals surface area contributed by atoms with Crippen LogP contribution in [-0.2, 0) is 38.6 Å². The SMILES string of the molecule is COc1ccc(CN(C(=O)OC(C)(C)C)c2cc(C[C@H]3C(=O)N(C(=O)N4CCCC(c5ccc(OC(F)(F)F)cc5)C4)[C@@H]3C(=O)OCc3ccccc3)ccn2)cc1. The van der Waals surface area contributed by atoms with Crippen molar-refractivity contribution in [1.82, 2.24) is 14.8 Å². The minimum atomic E-state index is -4.83. The molecule has 0 saturated carbocycles. The number of likely N-dealkylation sites (tertiary alicyclic amines) is 2. The number of anilines is 1. The van der Waals surface area contributed by atoms with E-state index in [-0.39, 0.29) is 43.6 Å². The first-order chi connectivity index (χ1) is 27.6. The van der Waals surface area contributed by atoms with Gasteiger partial charge in [0.15, 0.2) is 6.04 Å². The van der Waals surface area contributed by atoms with Gasteiger partial charge in [-0.3, -0.25) is 9.69 Å². The molecular weight excluding hydrogens is 757 g/mol. The van der Waals surface area contributed by atoms with Gasteiger partial charge in [-0.2, -0.15) is 0 Å². The Labute approximate surface area is 334 Å². The topological polar surface area (TPSA) is 128 Å². The van der Waals surface area contributed by atoms with Gasteiger partial charge in [-0.1, -0.05) is 54.6 Å². The molecule has 15 heteroatoms. The molecule has 1 unspecified atom stereocenters. The fraction of sp³-hybridized carbons (Fsp3) is 0.372. The number of hydrogen-bond donors (Lipinski definition) is 0. The van der Waals surface area contributed by atoms with E-state index in [4.69, 9.17) is 14.2 Å². The first-order valence-corrected chi connectivity index (χ1v) is 18.8. The molecule has 2 aliphatic rings. The summed E-state index contributed by atoms with van der Waals surface area (Å²) in [7, 11) is 1.56. The molecule has 0 aliphatic carbocycles. The van der Waals surface area contributed by atoms with Crippen LogP contribution in [0, 0.1) is 5.92 Å². The zero-order valence-electron chi connectivity index (χ0n) is 32.6. The Bertz CT molecular complexity index is 2070. The normalized spacial score (nSPS) is 18.2. The number of aromatic nitrogens is 1. The highest BCUT2D eigenvalue weighted by molar-refractivity contribution is 6.08. The summed E-state index contributed by atoms with van der Waals surface area (Å²) in [6.07, 6.45) is -2.71. The van der Waals surface area contributed by atoms with Crippen LogP contribution in [0.4, 0.5) is 28.6 Å². The lowest BCUT2D eigenvalue weighted by atomic mass is 9.82. The molecule has 0 radical (unpaired) electrons. The van der Waals surface area contributed by atoms with Crippen LogP contribution in [0.5, 0.6) is 11.5 Å². The Hall–Kier alpha value is -6.12. The quantitative estimate of drug-likeness (QED) is 0.109. The second kappa shape index (κ2) is 17.6. The molecule has 12 nitrogen and oxygen atoms in total. The van der Waals surface area contributed by atoms with E-state index in [2.05, 4.69) is 9.72 Å². The van der Waals surface area contributed by atoms with Crippen LogP contribution in [0.15, 0.2) is 97.2 Å². The number of methoxy groups -OCH3 is 1. The van der Waals surface area contributed by atoms with Crippen molar-refractivity contribution in [1.29, 1.82) is 0 Å². The highest BCUT2D eigenvalue weighted by atomic mass is 19.4. The molecule has 6 rings (SSSR count). The minimum Gasteiger partial charge on any atom is -0.497 e. The number of amides is 4. The van der Waals surface area contributed by atoms with Crippen LogP contribution < -0.4 is 14.4 Å². The number of carbonyl (C=O) groups is 4. The highest BCUT2D eigenvalue weighted by Gasteiger charge is 2.56. The second-order valence-electron chi connectivity index (χ2n) is 15.2. The van der Waals surface area contributed by atoms with E-state index in [0.29, 0.717) is 36.3 Å². The maximum Gasteiger partial charge on any atom is 0.573 e. The summed E-state index contributed by atoms with van der Waals surface area (Å²) in [5, 5.41) is 0. The number of rotatable bonds is 11. The van der Waals surface area contributed by atoms with Gasteiger partial charge in [0.1, 0.15) is 29.5 Å². The molecule has 2 fully saturated rings. The minimum absolute atomic E-state index is 0.0307. The molecule has 4 aromatic rings. The number of urea groups is 1.